The molecular weight excluding hydrogens is 472 g/mol. The highest BCUT2D eigenvalue weighted by molar-refractivity contribution is 6.30. The molecule has 0 amide bonds. The molecule has 4 aromatic rings. The second kappa shape index (κ2) is 9.40. The topological polar surface area (TPSA) is 55.5 Å². The molecule has 3 fully saturated rings. The fourth-order valence-electron chi connectivity index (χ4n) is 5.97. The number of piperidine rings is 3. The van der Waals surface area contributed by atoms with E-state index in [1.807, 2.05) is 91.0 Å². The van der Waals surface area contributed by atoms with Crippen molar-refractivity contribution in [3.63, 3.8) is 0 Å². The highest BCUT2D eigenvalue weighted by Crippen LogP contribution is 2.40. The van der Waals surface area contributed by atoms with Crippen LogP contribution in [-0.2, 0) is 12.1 Å². The third-order valence-corrected chi connectivity index (χ3v) is 8.20. The third-order valence-electron chi connectivity index (χ3n) is 7.95. The van der Waals surface area contributed by atoms with Crippen LogP contribution in [-0.4, -0.2) is 40.5 Å². The van der Waals surface area contributed by atoms with Gasteiger partial charge in [-0.25, -0.2) is 0 Å². The number of aliphatic hydroxyl groups is 1. The summed E-state index contributed by atoms with van der Waals surface area (Å²) < 4.78 is 13.2. The Labute approximate surface area is 216 Å². The van der Waals surface area contributed by atoms with Crippen molar-refractivity contribution in [2.45, 2.75) is 31.1 Å². The summed E-state index contributed by atoms with van der Waals surface area (Å²) in [4.78, 5) is 0. The Bertz CT molecular complexity index is 1260. The van der Waals surface area contributed by atoms with E-state index in [-0.39, 0.29) is 6.10 Å². The summed E-state index contributed by atoms with van der Waals surface area (Å²) >= 11 is 6.05. The van der Waals surface area contributed by atoms with Gasteiger partial charge in [-0.05, 0) is 35.4 Å². The number of benzene rings is 3. The van der Waals surface area contributed by atoms with Crippen molar-refractivity contribution in [1.82, 2.24) is 5.16 Å². The standard InChI is InChI=1S/C30H30ClN2O3/c31-25-11-13-26(14-12-25)35-28-21-33(17-15-22(28)16-18-33)20-27-19-29(32-36-27)30(34,23-7-3-1-4-8-23)24-9-5-2-6-10-24/h1-14,19,22,28,34H,15-18,20-21H2/q+1/t22?,28-,33?/m0/s1. The maximum atomic E-state index is 12.0. The summed E-state index contributed by atoms with van der Waals surface area (Å²) in [6.45, 7) is 3.87. The quantitative estimate of drug-likeness (QED) is 0.325. The molecule has 2 bridgehead atoms. The number of nitrogens with zero attached hydrogens (tertiary/aromatic N) is 2. The number of rotatable bonds is 7. The number of hydrogen-bond acceptors (Lipinski definition) is 4. The predicted molar refractivity (Wildman–Crippen MR) is 139 cm³/mol. The molecule has 1 aromatic heterocycles. The summed E-state index contributed by atoms with van der Waals surface area (Å²) in [5.74, 6) is 2.24. The summed E-state index contributed by atoms with van der Waals surface area (Å²) in [6, 6.07) is 28.9. The van der Waals surface area contributed by atoms with Crippen LogP contribution in [0.25, 0.3) is 0 Å². The molecule has 36 heavy (non-hydrogen) atoms. The molecule has 7 rings (SSSR count). The Morgan fingerprint density at radius 1 is 0.917 bits per heavy atom. The predicted octanol–water partition coefficient (Wildman–Crippen LogP) is 5.80. The number of fused-ring (bicyclic) bond motifs is 3. The molecule has 3 aliphatic heterocycles. The van der Waals surface area contributed by atoms with Gasteiger partial charge in [0.2, 0.25) is 0 Å². The first-order chi connectivity index (χ1) is 17.5. The van der Waals surface area contributed by atoms with Gasteiger partial charge in [0.25, 0.3) is 0 Å². The van der Waals surface area contributed by atoms with E-state index in [1.165, 1.54) is 0 Å². The first kappa shape index (κ1) is 23.3. The first-order valence-corrected chi connectivity index (χ1v) is 13.0. The maximum absolute atomic E-state index is 12.0. The van der Waals surface area contributed by atoms with Crippen molar-refractivity contribution in [1.29, 1.82) is 0 Å². The fraction of sp³-hybridized carbons (Fsp3) is 0.300. The Morgan fingerprint density at radius 2 is 1.53 bits per heavy atom. The summed E-state index contributed by atoms with van der Waals surface area (Å²) in [6.07, 6.45) is 2.44. The molecule has 184 valence electrons. The Kier molecular flexibility index (Phi) is 6.08. The van der Waals surface area contributed by atoms with Crippen LogP contribution < -0.4 is 4.74 Å². The first-order valence-electron chi connectivity index (χ1n) is 12.6. The number of hydrogen-bond donors (Lipinski definition) is 1. The molecular formula is C30H30ClN2O3+. The smallest absolute Gasteiger partial charge is 0.191 e. The van der Waals surface area contributed by atoms with Gasteiger partial charge in [-0.3, -0.25) is 0 Å². The zero-order valence-corrected chi connectivity index (χ0v) is 20.8. The minimum absolute atomic E-state index is 0.168. The van der Waals surface area contributed by atoms with Gasteiger partial charge in [0.1, 0.15) is 24.5 Å². The molecule has 6 heteroatoms. The average molecular weight is 502 g/mol. The Hall–Kier alpha value is -3.12. The molecule has 4 heterocycles. The summed E-state index contributed by atoms with van der Waals surface area (Å²) in [5.41, 5.74) is 0.643. The summed E-state index contributed by atoms with van der Waals surface area (Å²) in [5, 5.41) is 17.2. The van der Waals surface area contributed by atoms with Crippen molar-refractivity contribution < 1.29 is 18.8 Å². The van der Waals surface area contributed by atoms with Crippen LogP contribution in [0.1, 0.15) is 35.4 Å². The molecule has 3 aliphatic rings. The van der Waals surface area contributed by atoms with Crippen LogP contribution in [0.15, 0.2) is 95.5 Å². The van der Waals surface area contributed by atoms with E-state index < -0.39 is 5.60 Å². The maximum Gasteiger partial charge on any atom is 0.191 e. The van der Waals surface area contributed by atoms with Gasteiger partial charge in [0, 0.05) is 29.8 Å². The molecule has 0 aliphatic carbocycles. The van der Waals surface area contributed by atoms with Crippen molar-refractivity contribution >= 4 is 11.6 Å². The monoisotopic (exact) mass is 501 g/mol. The lowest BCUT2D eigenvalue weighted by atomic mass is 9.82. The zero-order chi connectivity index (χ0) is 24.6. The lowest BCUT2D eigenvalue weighted by molar-refractivity contribution is -0.959. The van der Waals surface area contributed by atoms with E-state index in [0.717, 1.165) is 66.1 Å². The average Bonchev–Trinajstić information content (AvgIpc) is 3.39. The molecule has 0 spiro atoms. The van der Waals surface area contributed by atoms with Crippen LogP contribution in [0.5, 0.6) is 5.75 Å². The normalized spacial score (nSPS) is 23.5. The lowest BCUT2D eigenvalue weighted by Crippen LogP contribution is -2.64. The molecule has 1 atom stereocenters. The van der Waals surface area contributed by atoms with Crippen LogP contribution in [0.2, 0.25) is 5.02 Å². The number of halogens is 1. The molecule has 0 saturated carbocycles. The minimum Gasteiger partial charge on any atom is -0.484 e. The van der Waals surface area contributed by atoms with Crippen molar-refractivity contribution in [3.05, 3.63) is 119 Å². The minimum atomic E-state index is -1.39. The van der Waals surface area contributed by atoms with E-state index in [0.29, 0.717) is 16.6 Å². The summed E-state index contributed by atoms with van der Waals surface area (Å²) in [7, 11) is 0. The largest absolute Gasteiger partial charge is 0.484 e. The highest BCUT2D eigenvalue weighted by atomic mass is 35.5. The van der Waals surface area contributed by atoms with Crippen molar-refractivity contribution in [2.75, 3.05) is 19.6 Å². The van der Waals surface area contributed by atoms with Crippen LogP contribution >= 0.6 is 11.6 Å². The van der Waals surface area contributed by atoms with E-state index in [1.54, 1.807) is 0 Å². The molecule has 1 N–H and O–H groups in total. The molecule has 5 nitrogen and oxygen atoms in total. The number of ether oxygens (including phenoxy) is 1. The second-order valence-electron chi connectivity index (χ2n) is 10.2. The van der Waals surface area contributed by atoms with Crippen LogP contribution in [0, 0.1) is 5.92 Å². The highest BCUT2D eigenvalue weighted by Gasteiger charge is 2.48. The van der Waals surface area contributed by atoms with Gasteiger partial charge in [-0.2, -0.15) is 0 Å². The van der Waals surface area contributed by atoms with Gasteiger partial charge < -0.3 is 18.8 Å². The Balaban J connectivity index is 1.26. The zero-order valence-electron chi connectivity index (χ0n) is 20.1. The van der Waals surface area contributed by atoms with E-state index in [2.05, 4.69) is 5.16 Å². The molecule has 0 radical (unpaired) electrons. The van der Waals surface area contributed by atoms with E-state index >= 15 is 0 Å². The van der Waals surface area contributed by atoms with Crippen LogP contribution in [0.4, 0.5) is 0 Å². The van der Waals surface area contributed by atoms with Gasteiger partial charge in [0.15, 0.2) is 17.5 Å². The molecule has 3 aromatic carbocycles. The van der Waals surface area contributed by atoms with Gasteiger partial charge in [0.05, 0.1) is 13.1 Å². The SMILES string of the molecule is OC(c1ccccc1)(c1ccccc1)c1cc(C[N+]23CCC(CC2)[C@@H](Oc2ccc(Cl)cc2)C3)on1. The van der Waals surface area contributed by atoms with Crippen LogP contribution in [0.3, 0.4) is 0 Å². The lowest BCUT2D eigenvalue weighted by Gasteiger charge is -2.51. The van der Waals surface area contributed by atoms with E-state index in [9.17, 15) is 5.11 Å². The second-order valence-corrected chi connectivity index (χ2v) is 10.6. The number of aromatic nitrogens is 1. The van der Waals surface area contributed by atoms with Gasteiger partial charge in [-0.15, -0.1) is 0 Å². The number of quaternary nitrogens is 1. The van der Waals surface area contributed by atoms with Crippen molar-refractivity contribution in [3.8, 4) is 5.75 Å². The van der Waals surface area contributed by atoms with Crippen molar-refractivity contribution in [2.24, 2.45) is 5.92 Å². The van der Waals surface area contributed by atoms with Gasteiger partial charge in [-0.1, -0.05) is 77.4 Å². The Morgan fingerprint density at radius 3 is 2.14 bits per heavy atom. The fourth-order valence-corrected chi connectivity index (χ4v) is 6.10. The van der Waals surface area contributed by atoms with E-state index in [4.69, 9.17) is 20.9 Å². The molecule has 0 unspecified atom stereocenters. The third kappa shape index (κ3) is 4.32. The molecule has 3 saturated heterocycles. The van der Waals surface area contributed by atoms with Gasteiger partial charge >= 0.3 is 0 Å².